The molecule has 6 atom stereocenters. The normalized spacial score (nSPS) is 15.9. The highest BCUT2D eigenvalue weighted by Crippen LogP contribution is 2.37. The fourth-order valence-corrected chi connectivity index (χ4v) is 12.2. The molecule has 6 aromatic rings. The minimum Gasteiger partial charge on any atom is -0.368 e. The monoisotopic (exact) mass is 1200 g/mol. The maximum absolute atomic E-state index is 15.7. The van der Waals surface area contributed by atoms with E-state index in [0.717, 1.165) is 22.3 Å². The predicted molar refractivity (Wildman–Crippen MR) is 341 cm³/mol. The fraction of sp³-hybridized carbons (Fsp3) is 0.394. The number of benzene rings is 6. The van der Waals surface area contributed by atoms with Crippen molar-refractivity contribution in [2.45, 2.75) is 135 Å². The summed E-state index contributed by atoms with van der Waals surface area (Å²) < 4.78 is 0. The molecule has 0 bridgehead atoms. The van der Waals surface area contributed by atoms with E-state index in [2.05, 4.69) is 5.32 Å². The van der Waals surface area contributed by atoms with Gasteiger partial charge >= 0.3 is 0 Å². The van der Waals surface area contributed by atoms with E-state index < -0.39 is 122 Å². The Morgan fingerprint density at radius 3 is 0.784 bits per heavy atom. The van der Waals surface area contributed by atoms with Crippen molar-refractivity contribution in [3.8, 4) is 0 Å². The maximum Gasteiger partial charge on any atom is 0.243 e. The fourth-order valence-electron chi connectivity index (χ4n) is 12.2. The second kappa shape index (κ2) is 30.4. The van der Waals surface area contributed by atoms with Gasteiger partial charge in [-0.3, -0.25) is 33.6 Å². The van der Waals surface area contributed by atoms with Gasteiger partial charge in [0, 0.05) is 17.1 Å². The number of carbonyl (C=O) groups excluding carboxylic acids is 7. The molecule has 4 N–H and O–H groups in total. The minimum atomic E-state index is -0.740. The Bertz CT molecular complexity index is 3250. The van der Waals surface area contributed by atoms with Crippen LogP contribution in [-0.2, 0) is 33.6 Å². The van der Waals surface area contributed by atoms with Crippen LogP contribution in [0.5, 0.6) is 0 Å². The maximum atomic E-state index is 15.7. The van der Waals surface area contributed by atoms with Gasteiger partial charge in [0.2, 0.25) is 41.4 Å². The van der Waals surface area contributed by atoms with Crippen molar-refractivity contribution in [3.05, 3.63) is 215 Å². The molecule has 1 aliphatic heterocycles. The van der Waals surface area contributed by atoms with Crippen molar-refractivity contribution in [1.29, 1.82) is 0 Å². The first-order valence-corrected chi connectivity index (χ1v) is 30.5. The van der Waals surface area contributed by atoms with Crippen LogP contribution in [0.1, 0.15) is 152 Å². The van der Waals surface area contributed by atoms with Crippen LogP contribution >= 0.6 is 0 Å². The molecule has 0 unspecified atom stereocenters. The molecule has 466 valence electrons. The lowest BCUT2D eigenvalue weighted by molar-refractivity contribution is -0.246. The number of hydroxylamine groups is 2. The summed E-state index contributed by atoms with van der Waals surface area (Å²) in [6.07, 6.45) is 1.13. The summed E-state index contributed by atoms with van der Waals surface area (Å²) >= 11 is 0. The highest BCUT2D eigenvalue weighted by molar-refractivity contribution is 5.93. The number of nitrogens with one attached hydrogen (secondary N) is 1. The summed E-state index contributed by atoms with van der Waals surface area (Å²) in [5.41, 5.74) is 9.04. The first-order valence-electron chi connectivity index (χ1n) is 30.5. The smallest absolute Gasteiger partial charge is 0.243 e. The first kappa shape index (κ1) is 67.0. The molecule has 88 heavy (non-hydrogen) atoms. The van der Waals surface area contributed by atoms with E-state index in [1.807, 2.05) is 230 Å². The highest BCUT2D eigenvalue weighted by Gasteiger charge is 2.45. The largest absolute Gasteiger partial charge is 0.368 e. The molecule has 7 amide bonds. The summed E-state index contributed by atoms with van der Waals surface area (Å²) in [6, 6.07) is 51.5. The predicted octanol–water partition coefficient (Wildman–Crippen LogP) is 10.0. The van der Waals surface area contributed by atoms with Crippen molar-refractivity contribution in [2.75, 3.05) is 45.8 Å². The number of hydrogen-bond donors (Lipinski definition) is 3. The molecule has 7 rings (SSSR count). The lowest BCUT2D eigenvalue weighted by Crippen LogP contribution is -2.63. The number of primary amides is 1. The van der Waals surface area contributed by atoms with Crippen molar-refractivity contribution in [3.63, 3.8) is 0 Å². The van der Waals surface area contributed by atoms with Crippen LogP contribution in [0, 0.1) is 0 Å². The van der Waals surface area contributed by atoms with Crippen LogP contribution in [-0.4, -0.2) is 144 Å². The van der Waals surface area contributed by atoms with Crippen molar-refractivity contribution in [1.82, 2.24) is 39.8 Å². The van der Waals surface area contributed by atoms with E-state index in [9.17, 15) is 19.6 Å². The molecular weight excluding hydrogens is 1110 g/mol. The Labute approximate surface area is 520 Å². The summed E-state index contributed by atoms with van der Waals surface area (Å²) in [6.45, 7) is 15.9. The lowest BCUT2D eigenvalue weighted by atomic mass is 9.79. The molecule has 0 aromatic heterocycles. The van der Waals surface area contributed by atoms with E-state index in [4.69, 9.17) is 5.73 Å². The molecule has 6 aromatic carbocycles. The van der Waals surface area contributed by atoms with Gasteiger partial charge in [0.15, 0.2) is 0 Å². The van der Waals surface area contributed by atoms with Crippen molar-refractivity contribution in [2.24, 2.45) is 5.73 Å². The zero-order chi connectivity index (χ0) is 63.9. The van der Waals surface area contributed by atoms with E-state index in [1.54, 1.807) is 25.7 Å². The van der Waals surface area contributed by atoms with Crippen LogP contribution < -0.4 is 11.1 Å². The molecule has 17 heteroatoms. The van der Waals surface area contributed by atoms with Crippen LogP contribution in [0.25, 0.3) is 0 Å². The zero-order valence-electron chi connectivity index (χ0n) is 52.7. The molecule has 1 heterocycles. The number of hydrogen-bond acceptors (Lipinski definition) is 10. The third-order valence-electron chi connectivity index (χ3n) is 17.5. The Balaban J connectivity index is 1.23. The van der Waals surface area contributed by atoms with Gasteiger partial charge in [0.25, 0.3) is 0 Å². The standard InChI is InChI=1S/C71H89N9O8/c1-50(56-29-17-11-18-30-56)74(44-63(72)81)65(83)46-76(52(3)58-33-21-13-22-34-58)67(85)48-78(54(5)60-37-25-15-26-38-60)69(87)49-79(55(6)61-39-27-16-28-40-61)68(86)47-77(53(4)59-35-23-14-24-36-59)66(84)45-75(51(2)57-31-19-12-20-32-57)64(82)43-73-62-41-70(7,8)80(88)71(9,10)42-62/h11-40,50-55,62,73,88H,41-49H2,1-10H3,(H2,72,81)/t50-,51+,52-,53+,54-,55+/m0/s1. The van der Waals surface area contributed by atoms with Gasteiger partial charge in [-0.25, -0.2) is 0 Å². The van der Waals surface area contributed by atoms with Gasteiger partial charge in [0.05, 0.1) is 49.3 Å². The third kappa shape index (κ3) is 17.2. The Morgan fingerprint density at radius 1 is 0.386 bits per heavy atom. The highest BCUT2D eigenvalue weighted by atomic mass is 16.5. The number of amides is 7. The number of nitrogens with zero attached hydrogens (tertiary/aromatic N) is 7. The van der Waals surface area contributed by atoms with Gasteiger partial charge < -0.3 is 45.7 Å². The van der Waals surface area contributed by atoms with Crippen LogP contribution in [0.15, 0.2) is 182 Å². The summed E-state index contributed by atoms with van der Waals surface area (Å²) in [5, 5.41) is 15.9. The molecule has 17 nitrogen and oxygen atoms in total. The zero-order valence-corrected chi connectivity index (χ0v) is 52.7. The van der Waals surface area contributed by atoms with E-state index in [0.29, 0.717) is 24.0 Å². The van der Waals surface area contributed by atoms with Crippen LogP contribution in [0.3, 0.4) is 0 Å². The van der Waals surface area contributed by atoms with Crippen molar-refractivity contribution < 1.29 is 38.8 Å². The first-order chi connectivity index (χ1) is 41.9. The minimum absolute atomic E-state index is 0.0921. The molecule has 1 fully saturated rings. The molecular formula is C71H89N9O8. The van der Waals surface area contributed by atoms with Crippen LogP contribution in [0.4, 0.5) is 0 Å². The SMILES string of the molecule is C[C@H](c1ccccc1)N(CC(=O)N(CC(=O)N(CC(=O)N(CC(=O)N(CC(=O)N(CC(N)=O)[C@@H](C)c1ccccc1)[C@@H](C)c1ccccc1)[C@@H](C)c1ccccc1)[C@H](C)c1ccccc1)[C@H](C)c1ccccc1)C(=O)CNC1CC(C)(C)N(O)C(C)(C)C1. The van der Waals surface area contributed by atoms with E-state index >= 15 is 19.2 Å². The van der Waals surface area contributed by atoms with Gasteiger partial charge in [-0.05, 0) is 115 Å². The Morgan fingerprint density at radius 2 is 0.580 bits per heavy atom. The van der Waals surface area contributed by atoms with Crippen molar-refractivity contribution >= 4 is 41.4 Å². The summed E-state index contributed by atoms with van der Waals surface area (Å²) in [4.78, 5) is 113. The number of piperidine rings is 1. The van der Waals surface area contributed by atoms with E-state index in [-0.39, 0.29) is 18.5 Å². The molecule has 0 aliphatic carbocycles. The average molecular weight is 1200 g/mol. The molecule has 1 saturated heterocycles. The molecule has 0 radical (unpaired) electrons. The summed E-state index contributed by atoms with van der Waals surface area (Å²) in [7, 11) is 0. The average Bonchev–Trinajstić information content (AvgIpc) is 2.78. The topological polar surface area (TPSA) is 200 Å². The van der Waals surface area contributed by atoms with Gasteiger partial charge in [-0.2, -0.15) is 5.06 Å². The van der Waals surface area contributed by atoms with Crippen LogP contribution in [0.2, 0.25) is 0 Å². The molecule has 1 aliphatic rings. The molecule has 0 saturated carbocycles. The van der Waals surface area contributed by atoms with E-state index in [1.165, 1.54) is 29.6 Å². The third-order valence-corrected chi connectivity index (χ3v) is 17.5. The Hall–Kier alpha value is -8.51. The number of nitrogens with two attached hydrogens (primary N) is 1. The summed E-state index contributed by atoms with van der Waals surface area (Å²) in [5.74, 6) is -3.83. The van der Waals surface area contributed by atoms with Gasteiger partial charge in [0.1, 0.15) is 32.7 Å². The quantitative estimate of drug-likeness (QED) is 0.0446. The van der Waals surface area contributed by atoms with Gasteiger partial charge in [-0.15, -0.1) is 0 Å². The lowest BCUT2D eigenvalue weighted by Gasteiger charge is -2.51. The second-order valence-electron chi connectivity index (χ2n) is 24.5. The van der Waals surface area contributed by atoms with Gasteiger partial charge in [-0.1, -0.05) is 182 Å². The molecule has 0 spiro atoms. The Kier molecular flexibility index (Phi) is 23.2. The second-order valence-corrected chi connectivity index (χ2v) is 24.5. The number of rotatable bonds is 27. The number of carbonyl (C=O) groups is 7.